The Balaban J connectivity index is 2.02. The van der Waals surface area contributed by atoms with Gasteiger partial charge in [-0.3, -0.25) is 0 Å². The lowest BCUT2D eigenvalue weighted by atomic mass is 10.1. The van der Waals surface area contributed by atoms with Crippen molar-refractivity contribution in [1.29, 1.82) is 0 Å². The third-order valence-electron chi connectivity index (χ3n) is 2.76. The van der Waals surface area contributed by atoms with E-state index < -0.39 is 0 Å². The summed E-state index contributed by atoms with van der Waals surface area (Å²) in [5.41, 5.74) is 10.1. The Hall–Kier alpha value is -1.96. The van der Waals surface area contributed by atoms with E-state index >= 15 is 0 Å². The van der Waals surface area contributed by atoms with Crippen LogP contribution in [0.5, 0.6) is 5.75 Å². The van der Waals surface area contributed by atoms with Gasteiger partial charge in [-0.25, -0.2) is 0 Å². The molecule has 0 bridgehead atoms. The maximum absolute atomic E-state index is 5.77. The van der Waals surface area contributed by atoms with E-state index in [4.69, 9.17) is 10.5 Å². The number of benzene rings is 2. The molecule has 0 spiro atoms. The molecule has 2 aromatic rings. The van der Waals surface area contributed by atoms with Crippen LogP contribution in [0.3, 0.4) is 0 Å². The molecule has 2 rings (SSSR count). The van der Waals surface area contributed by atoms with Crippen molar-refractivity contribution in [3.05, 3.63) is 59.2 Å². The van der Waals surface area contributed by atoms with Gasteiger partial charge < -0.3 is 10.5 Å². The van der Waals surface area contributed by atoms with Gasteiger partial charge in [-0.15, -0.1) is 0 Å². The lowest BCUT2D eigenvalue weighted by Crippen LogP contribution is -1.97. The first-order valence-corrected chi connectivity index (χ1v) is 5.69. The van der Waals surface area contributed by atoms with Gasteiger partial charge in [0.05, 0.1) is 0 Å². The average molecular weight is 227 g/mol. The Kier molecular flexibility index (Phi) is 3.33. The Morgan fingerprint density at radius 3 is 2.35 bits per heavy atom. The number of rotatable bonds is 3. The highest BCUT2D eigenvalue weighted by atomic mass is 16.5. The van der Waals surface area contributed by atoms with Crippen molar-refractivity contribution in [2.24, 2.45) is 0 Å². The fourth-order valence-corrected chi connectivity index (χ4v) is 1.63. The number of nitrogens with two attached hydrogens (primary N) is 1. The zero-order chi connectivity index (χ0) is 12.3. The zero-order valence-corrected chi connectivity index (χ0v) is 10.2. The van der Waals surface area contributed by atoms with E-state index in [0.717, 1.165) is 22.6 Å². The molecule has 2 heteroatoms. The molecule has 0 radical (unpaired) electrons. The van der Waals surface area contributed by atoms with Gasteiger partial charge in [0.1, 0.15) is 12.4 Å². The van der Waals surface area contributed by atoms with Crippen molar-refractivity contribution < 1.29 is 4.74 Å². The van der Waals surface area contributed by atoms with Gasteiger partial charge in [0.15, 0.2) is 0 Å². The molecule has 0 aliphatic rings. The quantitative estimate of drug-likeness (QED) is 0.815. The fourth-order valence-electron chi connectivity index (χ4n) is 1.63. The summed E-state index contributed by atoms with van der Waals surface area (Å²) in [5, 5.41) is 0. The van der Waals surface area contributed by atoms with E-state index in [1.54, 1.807) is 0 Å². The van der Waals surface area contributed by atoms with E-state index in [2.05, 4.69) is 13.0 Å². The van der Waals surface area contributed by atoms with E-state index in [0.29, 0.717) is 6.61 Å². The van der Waals surface area contributed by atoms with Gasteiger partial charge in [0.2, 0.25) is 0 Å². The smallest absolute Gasteiger partial charge is 0.119 e. The molecule has 88 valence electrons. The molecule has 0 aliphatic carbocycles. The van der Waals surface area contributed by atoms with Crippen molar-refractivity contribution in [3.8, 4) is 5.75 Å². The Morgan fingerprint density at radius 1 is 1.00 bits per heavy atom. The predicted molar refractivity (Wildman–Crippen MR) is 71.1 cm³/mol. The molecule has 2 nitrogen and oxygen atoms in total. The van der Waals surface area contributed by atoms with Crippen molar-refractivity contribution in [2.75, 3.05) is 5.73 Å². The van der Waals surface area contributed by atoms with Gasteiger partial charge in [-0.05, 0) is 43.2 Å². The lowest BCUT2D eigenvalue weighted by Gasteiger charge is -2.08. The van der Waals surface area contributed by atoms with Crippen LogP contribution in [0.2, 0.25) is 0 Å². The van der Waals surface area contributed by atoms with Crippen LogP contribution >= 0.6 is 0 Å². The standard InChI is InChI=1S/C15H17NO/c1-11-3-6-14(7-4-11)17-10-13-5-8-15(16)12(2)9-13/h3-9H,10,16H2,1-2H3. The van der Waals surface area contributed by atoms with Crippen LogP contribution in [0.4, 0.5) is 5.69 Å². The van der Waals surface area contributed by atoms with Gasteiger partial charge in [-0.2, -0.15) is 0 Å². The second kappa shape index (κ2) is 4.91. The van der Waals surface area contributed by atoms with Crippen LogP contribution in [-0.4, -0.2) is 0 Å². The molecular weight excluding hydrogens is 210 g/mol. The summed E-state index contributed by atoms with van der Waals surface area (Å²) < 4.78 is 5.70. The molecule has 0 heterocycles. The predicted octanol–water partition coefficient (Wildman–Crippen LogP) is 3.46. The summed E-state index contributed by atoms with van der Waals surface area (Å²) >= 11 is 0. The number of ether oxygens (including phenoxy) is 1. The van der Waals surface area contributed by atoms with Gasteiger partial charge in [-0.1, -0.05) is 29.8 Å². The molecule has 0 aromatic heterocycles. The molecular formula is C15H17NO. The van der Waals surface area contributed by atoms with E-state index in [1.165, 1.54) is 5.56 Å². The highest BCUT2D eigenvalue weighted by Gasteiger charge is 1.98. The maximum atomic E-state index is 5.77. The van der Waals surface area contributed by atoms with Gasteiger partial charge in [0, 0.05) is 5.69 Å². The molecule has 0 saturated heterocycles. The van der Waals surface area contributed by atoms with E-state index in [-0.39, 0.29) is 0 Å². The number of anilines is 1. The van der Waals surface area contributed by atoms with Crippen LogP contribution in [-0.2, 0) is 6.61 Å². The molecule has 0 saturated carbocycles. The Labute approximate surface area is 102 Å². The normalized spacial score (nSPS) is 10.2. The van der Waals surface area contributed by atoms with Crippen molar-refractivity contribution in [2.45, 2.75) is 20.5 Å². The minimum atomic E-state index is 0.574. The number of aryl methyl sites for hydroxylation is 2. The Morgan fingerprint density at radius 2 is 1.71 bits per heavy atom. The summed E-state index contributed by atoms with van der Waals surface area (Å²) in [5.74, 6) is 0.894. The first-order chi connectivity index (χ1) is 8.15. The van der Waals surface area contributed by atoms with E-state index in [1.807, 2.05) is 43.3 Å². The first-order valence-electron chi connectivity index (χ1n) is 5.69. The Bertz CT molecular complexity index is 503. The van der Waals surface area contributed by atoms with Crippen LogP contribution in [0.15, 0.2) is 42.5 Å². The molecule has 17 heavy (non-hydrogen) atoms. The van der Waals surface area contributed by atoms with Crippen LogP contribution in [0.1, 0.15) is 16.7 Å². The number of nitrogen functional groups attached to an aromatic ring is 1. The zero-order valence-electron chi connectivity index (χ0n) is 10.2. The minimum absolute atomic E-state index is 0.574. The fraction of sp³-hybridized carbons (Fsp3) is 0.200. The third kappa shape index (κ3) is 3.00. The molecule has 0 atom stereocenters. The average Bonchev–Trinajstić information content (AvgIpc) is 2.33. The SMILES string of the molecule is Cc1ccc(OCc2ccc(N)c(C)c2)cc1. The third-order valence-corrected chi connectivity index (χ3v) is 2.76. The largest absolute Gasteiger partial charge is 0.489 e. The van der Waals surface area contributed by atoms with E-state index in [9.17, 15) is 0 Å². The van der Waals surface area contributed by atoms with Crippen LogP contribution in [0.25, 0.3) is 0 Å². The second-order valence-electron chi connectivity index (χ2n) is 4.29. The topological polar surface area (TPSA) is 35.2 Å². The molecule has 0 fully saturated rings. The summed E-state index contributed by atoms with van der Waals surface area (Å²) in [7, 11) is 0. The number of hydrogen-bond acceptors (Lipinski definition) is 2. The summed E-state index contributed by atoms with van der Waals surface area (Å²) in [6, 6.07) is 14.0. The van der Waals surface area contributed by atoms with Crippen molar-refractivity contribution in [3.63, 3.8) is 0 Å². The van der Waals surface area contributed by atoms with Gasteiger partial charge >= 0.3 is 0 Å². The van der Waals surface area contributed by atoms with Crippen LogP contribution in [0, 0.1) is 13.8 Å². The number of hydrogen-bond donors (Lipinski definition) is 1. The summed E-state index contributed by atoms with van der Waals surface area (Å²) in [4.78, 5) is 0. The van der Waals surface area contributed by atoms with Gasteiger partial charge in [0.25, 0.3) is 0 Å². The molecule has 0 amide bonds. The van der Waals surface area contributed by atoms with Crippen molar-refractivity contribution >= 4 is 5.69 Å². The summed E-state index contributed by atoms with van der Waals surface area (Å²) in [6.07, 6.45) is 0. The first kappa shape index (κ1) is 11.5. The molecule has 0 unspecified atom stereocenters. The molecule has 2 aromatic carbocycles. The van der Waals surface area contributed by atoms with Crippen molar-refractivity contribution in [1.82, 2.24) is 0 Å². The highest BCUT2D eigenvalue weighted by molar-refractivity contribution is 5.47. The molecule has 2 N–H and O–H groups in total. The summed E-state index contributed by atoms with van der Waals surface area (Å²) in [6.45, 7) is 4.64. The van der Waals surface area contributed by atoms with Crippen LogP contribution < -0.4 is 10.5 Å². The maximum Gasteiger partial charge on any atom is 0.119 e. The second-order valence-corrected chi connectivity index (χ2v) is 4.29. The minimum Gasteiger partial charge on any atom is -0.489 e. The molecule has 0 aliphatic heterocycles. The monoisotopic (exact) mass is 227 g/mol. The highest BCUT2D eigenvalue weighted by Crippen LogP contribution is 2.16. The lowest BCUT2D eigenvalue weighted by molar-refractivity contribution is 0.306.